The summed E-state index contributed by atoms with van der Waals surface area (Å²) in [6, 6.07) is 2.27. The van der Waals surface area contributed by atoms with Gasteiger partial charge in [0, 0.05) is 19.1 Å². The van der Waals surface area contributed by atoms with Crippen molar-refractivity contribution in [2.45, 2.75) is 26.4 Å². The number of rotatable bonds is 4. The first-order valence-electron chi connectivity index (χ1n) is 5.34. The third-order valence-electron chi connectivity index (χ3n) is 2.36. The molecule has 0 saturated carbocycles. The molecule has 2 aromatic heterocycles. The second kappa shape index (κ2) is 4.76. The maximum absolute atomic E-state index is 12.0. The molecule has 0 aliphatic heterocycles. The van der Waals surface area contributed by atoms with Crippen LogP contribution in [0.3, 0.4) is 0 Å². The van der Waals surface area contributed by atoms with Gasteiger partial charge in [0.25, 0.3) is 5.56 Å². The van der Waals surface area contributed by atoms with E-state index < -0.39 is 0 Å². The molecule has 2 aromatic rings. The van der Waals surface area contributed by atoms with E-state index in [1.165, 1.54) is 11.3 Å². The van der Waals surface area contributed by atoms with E-state index in [9.17, 15) is 4.79 Å². The molecule has 5 heteroatoms. The van der Waals surface area contributed by atoms with Gasteiger partial charge in [-0.3, -0.25) is 9.36 Å². The highest BCUT2D eigenvalue weighted by Gasteiger charge is 2.04. The van der Waals surface area contributed by atoms with Gasteiger partial charge in [0.2, 0.25) is 0 Å². The Morgan fingerprint density at radius 3 is 3.12 bits per heavy atom. The molecule has 0 aromatic carbocycles. The summed E-state index contributed by atoms with van der Waals surface area (Å²) in [6.45, 7) is 5.62. The van der Waals surface area contributed by atoms with Gasteiger partial charge in [-0.2, -0.15) is 0 Å². The number of hydrogen-bond donors (Lipinski definition) is 1. The van der Waals surface area contributed by atoms with Crippen LogP contribution in [0, 0.1) is 0 Å². The standard InChI is InChI=1S/C11H15N3OS/c1-8(2)12-4-5-14-7-13-10-9(11(14)15)3-6-16-10/h3,6-8,12H,4-5H2,1-2H3. The Morgan fingerprint density at radius 1 is 1.56 bits per heavy atom. The van der Waals surface area contributed by atoms with Gasteiger partial charge >= 0.3 is 0 Å². The summed E-state index contributed by atoms with van der Waals surface area (Å²) in [5.74, 6) is 0. The lowest BCUT2D eigenvalue weighted by molar-refractivity contribution is 0.532. The number of thiophene rings is 1. The molecule has 0 unspecified atom stereocenters. The summed E-state index contributed by atoms with van der Waals surface area (Å²) in [5, 5.41) is 5.90. The van der Waals surface area contributed by atoms with Crippen molar-refractivity contribution in [3.05, 3.63) is 28.1 Å². The molecule has 0 spiro atoms. The van der Waals surface area contributed by atoms with Crippen LogP contribution in [-0.4, -0.2) is 22.1 Å². The fourth-order valence-corrected chi connectivity index (χ4v) is 2.25. The highest BCUT2D eigenvalue weighted by atomic mass is 32.1. The minimum atomic E-state index is 0.0526. The maximum atomic E-state index is 12.0. The Morgan fingerprint density at radius 2 is 2.38 bits per heavy atom. The van der Waals surface area contributed by atoms with Gasteiger partial charge in [-0.25, -0.2) is 4.98 Å². The van der Waals surface area contributed by atoms with Gasteiger partial charge in [-0.1, -0.05) is 13.8 Å². The van der Waals surface area contributed by atoms with Crippen LogP contribution in [0.25, 0.3) is 10.2 Å². The molecule has 0 radical (unpaired) electrons. The highest BCUT2D eigenvalue weighted by Crippen LogP contribution is 2.12. The van der Waals surface area contributed by atoms with Crippen molar-refractivity contribution in [3.63, 3.8) is 0 Å². The number of fused-ring (bicyclic) bond motifs is 1. The Hall–Kier alpha value is -1.20. The number of nitrogens with zero attached hydrogens (tertiary/aromatic N) is 2. The third-order valence-corrected chi connectivity index (χ3v) is 3.18. The Bertz CT molecular complexity index is 529. The van der Waals surface area contributed by atoms with Gasteiger partial charge < -0.3 is 5.32 Å². The molecule has 0 aliphatic carbocycles. The quantitative estimate of drug-likeness (QED) is 0.875. The predicted octanol–water partition coefficient (Wildman–Crippen LogP) is 1.46. The number of nitrogens with one attached hydrogen (secondary N) is 1. The van der Waals surface area contributed by atoms with Gasteiger partial charge in [-0.15, -0.1) is 11.3 Å². The second-order valence-corrected chi connectivity index (χ2v) is 4.89. The molecular formula is C11H15N3OS. The Balaban J connectivity index is 2.18. The van der Waals surface area contributed by atoms with Crippen molar-refractivity contribution >= 4 is 21.6 Å². The van der Waals surface area contributed by atoms with Crippen molar-refractivity contribution in [1.29, 1.82) is 0 Å². The summed E-state index contributed by atoms with van der Waals surface area (Å²) in [7, 11) is 0. The van der Waals surface area contributed by atoms with Crippen molar-refractivity contribution in [2.75, 3.05) is 6.54 Å². The summed E-state index contributed by atoms with van der Waals surface area (Å²) in [6.07, 6.45) is 1.63. The van der Waals surface area contributed by atoms with E-state index in [1.807, 2.05) is 11.4 Å². The van der Waals surface area contributed by atoms with Crippen molar-refractivity contribution in [3.8, 4) is 0 Å². The monoisotopic (exact) mass is 237 g/mol. The van der Waals surface area contributed by atoms with Gasteiger partial charge in [-0.05, 0) is 11.4 Å². The molecule has 0 atom stereocenters. The average molecular weight is 237 g/mol. The molecular weight excluding hydrogens is 222 g/mol. The van der Waals surface area contributed by atoms with Crippen molar-refractivity contribution in [2.24, 2.45) is 0 Å². The fourth-order valence-electron chi connectivity index (χ4n) is 1.53. The normalized spacial score (nSPS) is 11.4. The van der Waals surface area contributed by atoms with Crippen LogP contribution < -0.4 is 10.9 Å². The molecule has 0 aliphatic rings. The second-order valence-electron chi connectivity index (χ2n) is 3.99. The first-order chi connectivity index (χ1) is 7.68. The van der Waals surface area contributed by atoms with Crippen LogP contribution in [0.4, 0.5) is 0 Å². The van der Waals surface area contributed by atoms with Crippen molar-refractivity contribution < 1.29 is 0 Å². The van der Waals surface area contributed by atoms with E-state index in [0.29, 0.717) is 12.6 Å². The minimum Gasteiger partial charge on any atom is -0.313 e. The molecule has 0 fully saturated rings. The number of hydrogen-bond acceptors (Lipinski definition) is 4. The van der Waals surface area contributed by atoms with E-state index in [1.54, 1.807) is 10.9 Å². The average Bonchev–Trinajstić information content (AvgIpc) is 2.69. The van der Waals surface area contributed by atoms with Crippen LogP contribution in [-0.2, 0) is 6.54 Å². The highest BCUT2D eigenvalue weighted by molar-refractivity contribution is 7.16. The van der Waals surface area contributed by atoms with E-state index in [4.69, 9.17) is 0 Å². The molecule has 2 heterocycles. The zero-order valence-corrected chi connectivity index (χ0v) is 10.3. The zero-order valence-electron chi connectivity index (χ0n) is 9.43. The maximum Gasteiger partial charge on any atom is 0.262 e. The molecule has 0 amide bonds. The van der Waals surface area contributed by atoms with Crippen molar-refractivity contribution in [1.82, 2.24) is 14.9 Å². The molecule has 0 saturated heterocycles. The summed E-state index contributed by atoms with van der Waals surface area (Å²) in [4.78, 5) is 17.0. The van der Waals surface area contributed by atoms with Crippen LogP contribution in [0.1, 0.15) is 13.8 Å². The topological polar surface area (TPSA) is 46.9 Å². The first kappa shape index (κ1) is 11.3. The zero-order chi connectivity index (χ0) is 11.5. The van der Waals surface area contributed by atoms with Crippen LogP contribution in [0.15, 0.2) is 22.6 Å². The first-order valence-corrected chi connectivity index (χ1v) is 6.22. The van der Waals surface area contributed by atoms with E-state index >= 15 is 0 Å². The Kier molecular flexibility index (Phi) is 3.36. The van der Waals surface area contributed by atoms with Crippen LogP contribution in [0.5, 0.6) is 0 Å². The van der Waals surface area contributed by atoms with Crippen LogP contribution in [0.2, 0.25) is 0 Å². The van der Waals surface area contributed by atoms with Gasteiger partial charge in [0.15, 0.2) is 0 Å². The van der Waals surface area contributed by atoms with Gasteiger partial charge in [0.05, 0.1) is 11.7 Å². The fraction of sp³-hybridized carbons (Fsp3) is 0.455. The Labute approximate surface area is 97.9 Å². The lowest BCUT2D eigenvalue weighted by atomic mass is 10.4. The predicted molar refractivity (Wildman–Crippen MR) is 67.0 cm³/mol. The lowest BCUT2D eigenvalue weighted by Gasteiger charge is -2.09. The molecule has 1 N–H and O–H groups in total. The minimum absolute atomic E-state index is 0.0526. The van der Waals surface area contributed by atoms with Crippen LogP contribution >= 0.6 is 11.3 Å². The molecule has 0 bridgehead atoms. The molecule has 2 rings (SSSR count). The smallest absolute Gasteiger partial charge is 0.262 e. The SMILES string of the molecule is CC(C)NCCn1cnc2sccc2c1=O. The summed E-state index contributed by atoms with van der Waals surface area (Å²) >= 11 is 1.50. The molecule has 86 valence electrons. The summed E-state index contributed by atoms with van der Waals surface area (Å²) in [5.41, 5.74) is 0.0526. The third kappa shape index (κ3) is 2.31. The molecule has 16 heavy (non-hydrogen) atoms. The van der Waals surface area contributed by atoms with E-state index in [-0.39, 0.29) is 5.56 Å². The number of aromatic nitrogens is 2. The lowest BCUT2D eigenvalue weighted by Crippen LogP contribution is -2.30. The summed E-state index contributed by atoms with van der Waals surface area (Å²) < 4.78 is 1.66. The van der Waals surface area contributed by atoms with E-state index in [2.05, 4.69) is 24.1 Å². The molecule has 4 nitrogen and oxygen atoms in total. The largest absolute Gasteiger partial charge is 0.313 e. The van der Waals surface area contributed by atoms with E-state index in [0.717, 1.165) is 16.8 Å². The van der Waals surface area contributed by atoms with Gasteiger partial charge in [0.1, 0.15) is 4.83 Å².